The van der Waals surface area contributed by atoms with Gasteiger partial charge in [-0.25, -0.2) is 0 Å². The smallest absolute Gasteiger partial charge is 0.227 e. The molecule has 1 aromatic carbocycles. The van der Waals surface area contributed by atoms with Crippen molar-refractivity contribution in [3.8, 4) is 0 Å². The molecule has 2 fully saturated rings. The molecule has 0 spiro atoms. The summed E-state index contributed by atoms with van der Waals surface area (Å²) in [6.45, 7) is 11.4. The minimum absolute atomic E-state index is 0.104. The van der Waals surface area contributed by atoms with Gasteiger partial charge in [0, 0.05) is 38.8 Å². The maximum absolute atomic E-state index is 13.0. The highest BCUT2D eigenvalue weighted by Crippen LogP contribution is 2.42. The molecule has 2 aliphatic rings. The largest absolute Gasteiger partial charge is 0.340 e. The fourth-order valence-corrected chi connectivity index (χ4v) is 3.77. The molecule has 26 heavy (non-hydrogen) atoms. The van der Waals surface area contributed by atoms with Gasteiger partial charge in [0.05, 0.1) is 11.8 Å². The van der Waals surface area contributed by atoms with Crippen molar-refractivity contribution in [2.75, 3.05) is 32.7 Å². The van der Waals surface area contributed by atoms with Crippen molar-refractivity contribution in [2.24, 2.45) is 11.8 Å². The lowest BCUT2D eigenvalue weighted by atomic mass is 10.1. The van der Waals surface area contributed by atoms with Gasteiger partial charge in [-0.15, -0.1) is 0 Å². The van der Waals surface area contributed by atoms with Crippen LogP contribution < -0.4 is 0 Å². The minimum Gasteiger partial charge on any atom is -0.340 e. The van der Waals surface area contributed by atoms with E-state index in [-0.39, 0.29) is 29.7 Å². The van der Waals surface area contributed by atoms with Gasteiger partial charge in [-0.1, -0.05) is 37.3 Å². The lowest BCUT2D eigenvalue weighted by Crippen LogP contribution is -2.49. The van der Waals surface area contributed by atoms with Gasteiger partial charge in [-0.2, -0.15) is 0 Å². The van der Waals surface area contributed by atoms with Crippen LogP contribution in [0.15, 0.2) is 30.3 Å². The quantitative estimate of drug-likeness (QED) is 0.784. The van der Waals surface area contributed by atoms with Gasteiger partial charge in [0.15, 0.2) is 0 Å². The molecular formula is C21H31N3O2. The molecular weight excluding hydrogens is 326 g/mol. The Hall–Kier alpha value is -1.88. The van der Waals surface area contributed by atoms with E-state index in [0.717, 1.165) is 38.3 Å². The molecule has 1 aliphatic heterocycles. The topological polar surface area (TPSA) is 43.9 Å². The number of rotatable bonds is 6. The molecule has 0 N–H and O–H groups in total. The molecule has 0 radical (unpaired) electrons. The number of carbonyl (C=O) groups excluding carboxylic acids is 2. The molecule has 2 amide bonds. The van der Waals surface area contributed by atoms with E-state index in [1.54, 1.807) is 0 Å². The van der Waals surface area contributed by atoms with Crippen LogP contribution in [0.1, 0.15) is 32.8 Å². The second-order valence-electron chi connectivity index (χ2n) is 7.75. The maximum Gasteiger partial charge on any atom is 0.227 e. The van der Waals surface area contributed by atoms with Gasteiger partial charge < -0.3 is 14.7 Å². The normalized spacial score (nSPS) is 23.2. The van der Waals surface area contributed by atoms with E-state index in [2.05, 4.69) is 11.8 Å². The molecule has 1 saturated carbocycles. The zero-order chi connectivity index (χ0) is 18.7. The molecule has 5 nitrogen and oxygen atoms in total. The van der Waals surface area contributed by atoms with Gasteiger partial charge in [0.2, 0.25) is 11.8 Å². The molecule has 2 unspecified atom stereocenters. The van der Waals surface area contributed by atoms with E-state index in [0.29, 0.717) is 13.0 Å². The highest BCUT2D eigenvalue weighted by atomic mass is 16.2. The third-order valence-corrected chi connectivity index (χ3v) is 5.66. The summed E-state index contributed by atoms with van der Waals surface area (Å²) < 4.78 is 0. The van der Waals surface area contributed by atoms with E-state index in [1.165, 1.54) is 0 Å². The number of benzene rings is 1. The summed E-state index contributed by atoms with van der Waals surface area (Å²) in [6.07, 6.45) is 0.712. The summed E-state index contributed by atoms with van der Waals surface area (Å²) in [5.74, 6) is 0.0856. The summed E-state index contributed by atoms with van der Waals surface area (Å²) in [5, 5.41) is 0. The highest BCUT2D eigenvalue weighted by molar-refractivity contribution is 5.92. The molecule has 0 bridgehead atoms. The molecule has 0 aromatic heterocycles. The zero-order valence-corrected chi connectivity index (χ0v) is 16.2. The van der Waals surface area contributed by atoms with Crippen molar-refractivity contribution < 1.29 is 9.59 Å². The third kappa shape index (κ3) is 4.26. The van der Waals surface area contributed by atoms with Crippen LogP contribution in [0.3, 0.4) is 0 Å². The molecule has 142 valence electrons. The maximum atomic E-state index is 13.0. The Morgan fingerprint density at radius 2 is 1.73 bits per heavy atom. The molecule has 1 aliphatic carbocycles. The van der Waals surface area contributed by atoms with Gasteiger partial charge in [0.25, 0.3) is 0 Å². The van der Waals surface area contributed by atoms with Crippen molar-refractivity contribution >= 4 is 11.8 Å². The summed E-state index contributed by atoms with van der Waals surface area (Å²) in [5.41, 5.74) is 1.13. The lowest BCUT2D eigenvalue weighted by molar-refractivity contribution is -0.140. The summed E-state index contributed by atoms with van der Waals surface area (Å²) >= 11 is 0. The molecule has 1 aromatic rings. The van der Waals surface area contributed by atoms with Crippen LogP contribution in [0.5, 0.6) is 0 Å². The number of nitrogens with zero attached hydrogens (tertiary/aromatic N) is 3. The van der Waals surface area contributed by atoms with Crippen LogP contribution >= 0.6 is 0 Å². The molecule has 1 saturated heterocycles. The first-order valence-corrected chi connectivity index (χ1v) is 9.86. The second kappa shape index (κ2) is 8.21. The van der Waals surface area contributed by atoms with E-state index in [4.69, 9.17) is 0 Å². The lowest BCUT2D eigenvalue weighted by Gasteiger charge is -2.34. The fourth-order valence-electron chi connectivity index (χ4n) is 3.77. The van der Waals surface area contributed by atoms with Gasteiger partial charge >= 0.3 is 0 Å². The minimum atomic E-state index is -0.127. The predicted octanol–water partition coefficient (Wildman–Crippen LogP) is 2.22. The first kappa shape index (κ1) is 18.9. The summed E-state index contributed by atoms with van der Waals surface area (Å²) in [6, 6.07) is 10.2. The van der Waals surface area contributed by atoms with Gasteiger partial charge in [-0.3, -0.25) is 9.59 Å². The van der Waals surface area contributed by atoms with E-state index in [1.807, 2.05) is 54.0 Å². The van der Waals surface area contributed by atoms with E-state index >= 15 is 0 Å². The number of piperazine rings is 1. The Kier molecular flexibility index (Phi) is 5.97. The van der Waals surface area contributed by atoms with Crippen LogP contribution in [0.25, 0.3) is 0 Å². The average Bonchev–Trinajstić information content (AvgIpc) is 3.46. The number of hydrogen-bond acceptors (Lipinski definition) is 3. The number of hydrogen-bond donors (Lipinski definition) is 0. The van der Waals surface area contributed by atoms with Crippen LogP contribution in [0.4, 0.5) is 0 Å². The van der Waals surface area contributed by atoms with E-state index < -0.39 is 0 Å². The monoisotopic (exact) mass is 357 g/mol. The standard InChI is InChI=1S/C21H31N3O2/c1-4-22-10-12-23(13-11-22)20(25)18-14-19(18)21(26)24(16(2)3)15-17-8-6-5-7-9-17/h5-9,16,18-19H,4,10-15H2,1-3H3. The Labute approximate surface area is 156 Å². The average molecular weight is 357 g/mol. The van der Waals surface area contributed by atoms with Crippen LogP contribution in [-0.4, -0.2) is 65.3 Å². The van der Waals surface area contributed by atoms with Gasteiger partial charge in [-0.05, 0) is 32.4 Å². The molecule has 1 heterocycles. The second-order valence-corrected chi connectivity index (χ2v) is 7.75. The molecule has 2 atom stereocenters. The Bertz CT molecular complexity index is 623. The van der Waals surface area contributed by atoms with Crippen LogP contribution in [0.2, 0.25) is 0 Å². The van der Waals surface area contributed by atoms with Crippen molar-refractivity contribution in [2.45, 2.75) is 39.8 Å². The molecule has 5 heteroatoms. The van der Waals surface area contributed by atoms with Crippen molar-refractivity contribution in [1.29, 1.82) is 0 Å². The Morgan fingerprint density at radius 3 is 2.31 bits per heavy atom. The Morgan fingerprint density at radius 1 is 1.08 bits per heavy atom. The van der Waals surface area contributed by atoms with Gasteiger partial charge in [0.1, 0.15) is 0 Å². The predicted molar refractivity (Wildman–Crippen MR) is 102 cm³/mol. The third-order valence-electron chi connectivity index (χ3n) is 5.66. The summed E-state index contributed by atoms with van der Waals surface area (Å²) in [7, 11) is 0. The fraction of sp³-hybridized carbons (Fsp3) is 0.619. The van der Waals surface area contributed by atoms with Crippen molar-refractivity contribution in [3.63, 3.8) is 0 Å². The van der Waals surface area contributed by atoms with Crippen LogP contribution in [-0.2, 0) is 16.1 Å². The first-order valence-electron chi connectivity index (χ1n) is 9.86. The number of amides is 2. The van der Waals surface area contributed by atoms with Crippen LogP contribution in [0, 0.1) is 11.8 Å². The first-order chi connectivity index (χ1) is 12.5. The number of likely N-dealkylation sites (N-methyl/N-ethyl adjacent to an activating group) is 1. The molecule has 3 rings (SSSR count). The van der Waals surface area contributed by atoms with Crippen molar-refractivity contribution in [3.05, 3.63) is 35.9 Å². The summed E-state index contributed by atoms with van der Waals surface area (Å²) in [4.78, 5) is 32.0. The highest BCUT2D eigenvalue weighted by Gasteiger charge is 2.51. The zero-order valence-electron chi connectivity index (χ0n) is 16.2. The van der Waals surface area contributed by atoms with E-state index in [9.17, 15) is 9.59 Å². The SMILES string of the molecule is CCN1CCN(C(=O)C2CC2C(=O)N(Cc2ccccc2)C(C)C)CC1. The Balaban J connectivity index is 1.57. The van der Waals surface area contributed by atoms with Crippen molar-refractivity contribution in [1.82, 2.24) is 14.7 Å². The number of carbonyl (C=O) groups is 2.